The fourth-order valence-electron chi connectivity index (χ4n) is 4.12. The average Bonchev–Trinajstić information content (AvgIpc) is 2.72. The first-order chi connectivity index (χ1) is 13.8. The lowest BCUT2D eigenvalue weighted by Crippen LogP contribution is -2.49. The smallest absolute Gasteiger partial charge is 0.376 e. The lowest BCUT2D eigenvalue weighted by molar-refractivity contribution is -0.138. The molecule has 0 atom stereocenters. The number of halogens is 3. The molecule has 1 saturated carbocycles. The Bertz CT molecular complexity index is 709. The van der Waals surface area contributed by atoms with Gasteiger partial charge in [0.05, 0.1) is 12.1 Å². The van der Waals surface area contributed by atoms with Crippen LogP contribution in [0.25, 0.3) is 0 Å². The van der Waals surface area contributed by atoms with Crippen LogP contribution >= 0.6 is 0 Å². The number of carbonyl (C=O) groups is 2. The molecule has 2 amide bonds. The summed E-state index contributed by atoms with van der Waals surface area (Å²) in [7, 11) is 0. The highest BCUT2D eigenvalue weighted by atomic mass is 19.4. The number of alkyl halides is 3. The molecule has 1 saturated heterocycles. The minimum absolute atomic E-state index is 0.0128. The molecule has 1 heterocycles. The van der Waals surface area contributed by atoms with Gasteiger partial charge in [0, 0.05) is 30.7 Å². The number of nitrogens with one attached hydrogen (secondary N) is 2. The van der Waals surface area contributed by atoms with Crippen LogP contribution in [-0.4, -0.2) is 42.4 Å². The van der Waals surface area contributed by atoms with Gasteiger partial charge in [0.2, 0.25) is 11.8 Å². The van der Waals surface area contributed by atoms with Crippen LogP contribution in [0, 0.1) is 5.92 Å². The summed E-state index contributed by atoms with van der Waals surface area (Å²) in [4.78, 5) is 26.7. The van der Waals surface area contributed by atoms with E-state index < -0.39 is 11.7 Å². The first kappa shape index (κ1) is 21.5. The second-order valence-corrected chi connectivity index (χ2v) is 7.93. The molecule has 1 aliphatic carbocycles. The molecule has 1 aromatic rings. The number of rotatable bonds is 5. The summed E-state index contributed by atoms with van der Waals surface area (Å²) in [5.41, 5.74) is -0.499. The van der Waals surface area contributed by atoms with Gasteiger partial charge in [0.15, 0.2) is 0 Å². The number of piperidine rings is 1. The number of benzene rings is 1. The SMILES string of the molecule is O=C(CNc1cccc(C(F)(F)F)c1)NC1CCN(C(=O)C2CCCCC2)CC1. The molecule has 160 valence electrons. The standard InChI is InChI=1S/C21H28F3N3O2/c22-21(23,24)16-7-4-8-18(13-16)25-14-19(28)26-17-9-11-27(12-10-17)20(29)15-5-2-1-3-6-15/h4,7-8,13,15,17,25H,1-3,5-6,9-12,14H2,(H,26,28). The Kier molecular flexibility index (Phi) is 7.03. The molecule has 0 aromatic heterocycles. The van der Waals surface area contributed by atoms with Gasteiger partial charge in [-0.1, -0.05) is 25.3 Å². The topological polar surface area (TPSA) is 61.4 Å². The Morgan fingerprint density at radius 1 is 1.03 bits per heavy atom. The average molecular weight is 411 g/mol. The normalized spacial score (nSPS) is 19.1. The molecule has 2 fully saturated rings. The number of hydrogen-bond donors (Lipinski definition) is 2. The summed E-state index contributed by atoms with van der Waals surface area (Å²) in [5, 5.41) is 5.65. The van der Waals surface area contributed by atoms with E-state index in [1.54, 1.807) is 0 Å². The van der Waals surface area contributed by atoms with Crippen LogP contribution in [0.2, 0.25) is 0 Å². The first-order valence-corrected chi connectivity index (χ1v) is 10.3. The summed E-state index contributed by atoms with van der Waals surface area (Å²) >= 11 is 0. The lowest BCUT2D eigenvalue weighted by atomic mass is 9.87. The maximum Gasteiger partial charge on any atom is 0.416 e. The number of likely N-dealkylation sites (tertiary alicyclic amines) is 1. The van der Waals surface area contributed by atoms with E-state index >= 15 is 0 Å². The van der Waals surface area contributed by atoms with Gasteiger partial charge >= 0.3 is 6.18 Å². The van der Waals surface area contributed by atoms with Crippen LogP contribution in [0.15, 0.2) is 24.3 Å². The fourth-order valence-corrected chi connectivity index (χ4v) is 4.12. The van der Waals surface area contributed by atoms with Gasteiger partial charge in [0.25, 0.3) is 0 Å². The van der Waals surface area contributed by atoms with Gasteiger partial charge < -0.3 is 15.5 Å². The van der Waals surface area contributed by atoms with E-state index in [0.717, 1.165) is 37.8 Å². The number of anilines is 1. The van der Waals surface area contributed by atoms with Crippen molar-refractivity contribution in [2.45, 2.75) is 57.2 Å². The fraction of sp³-hybridized carbons (Fsp3) is 0.619. The third-order valence-electron chi connectivity index (χ3n) is 5.77. The summed E-state index contributed by atoms with van der Waals surface area (Å²) in [6.45, 7) is 1.19. The van der Waals surface area contributed by atoms with Crippen LogP contribution in [0.3, 0.4) is 0 Å². The lowest BCUT2D eigenvalue weighted by Gasteiger charge is -2.35. The largest absolute Gasteiger partial charge is 0.416 e. The third kappa shape index (κ3) is 6.11. The molecule has 0 unspecified atom stereocenters. The summed E-state index contributed by atoms with van der Waals surface area (Å²) in [5.74, 6) is 0.145. The van der Waals surface area contributed by atoms with Gasteiger partial charge in [-0.2, -0.15) is 13.2 Å². The molecule has 1 aliphatic heterocycles. The highest BCUT2D eigenvalue weighted by molar-refractivity contribution is 5.81. The molecule has 29 heavy (non-hydrogen) atoms. The van der Waals surface area contributed by atoms with Gasteiger partial charge in [0.1, 0.15) is 0 Å². The molecule has 0 bridgehead atoms. The highest BCUT2D eigenvalue weighted by Crippen LogP contribution is 2.30. The van der Waals surface area contributed by atoms with E-state index in [4.69, 9.17) is 0 Å². The first-order valence-electron chi connectivity index (χ1n) is 10.3. The summed E-state index contributed by atoms with van der Waals surface area (Å²) in [6.07, 6.45) is 2.42. The number of carbonyl (C=O) groups excluding carboxylic acids is 2. The van der Waals surface area contributed by atoms with Crippen molar-refractivity contribution in [3.05, 3.63) is 29.8 Å². The van der Waals surface area contributed by atoms with Crippen molar-refractivity contribution in [1.82, 2.24) is 10.2 Å². The van der Waals surface area contributed by atoms with Gasteiger partial charge in [-0.3, -0.25) is 9.59 Å². The van der Waals surface area contributed by atoms with Gasteiger partial charge in [-0.05, 0) is 43.9 Å². The monoisotopic (exact) mass is 411 g/mol. The molecule has 5 nitrogen and oxygen atoms in total. The Morgan fingerprint density at radius 3 is 2.38 bits per heavy atom. The summed E-state index contributed by atoms with van der Waals surface area (Å²) < 4.78 is 38.2. The van der Waals surface area contributed by atoms with Crippen molar-refractivity contribution in [2.24, 2.45) is 5.92 Å². The Morgan fingerprint density at radius 2 is 1.72 bits per heavy atom. The van der Waals surface area contributed by atoms with E-state index in [-0.39, 0.29) is 36.0 Å². The third-order valence-corrected chi connectivity index (χ3v) is 5.77. The van der Waals surface area contributed by atoms with Crippen molar-refractivity contribution in [1.29, 1.82) is 0 Å². The van der Waals surface area contributed by atoms with E-state index in [9.17, 15) is 22.8 Å². The maximum absolute atomic E-state index is 12.7. The Labute approximate surface area is 169 Å². The van der Waals surface area contributed by atoms with Crippen molar-refractivity contribution in [2.75, 3.05) is 25.0 Å². The zero-order valence-electron chi connectivity index (χ0n) is 16.4. The van der Waals surface area contributed by atoms with Crippen molar-refractivity contribution in [3.63, 3.8) is 0 Å². The number of amides is 2. The Balaban J connectivity index is 1.40. The molecular weight excluding hydrogens is 383 g/mol. The highest BCUT2D eigenvalue weighted by Gasteiger charge is 2.31. The van der Waals surface area contributed by atoms with Crippen LogP contribution < -0.4 is 10.6 Å². The van der Waals surface area contributed by atoms with Gasteiger partial charge in [-0.15, -0.1) is 0 Å². The molecule has 8 heteroatoms. The number of nitrogens with zero attached hydrogens (tertiary/aromatic N) is 1. The van der Waals surface area contributed by atoms with E-state index in [1.807, 2.05) is 4.90 Å². The van der Waals surface area contributed by atoms with Crippen LogP contribution in [0.4, 0.5) is 18.9 Å². The van der Waals surface area contributed by atoms with Crippen molar-refractivity contribution >= 4 is 17.5 Å². The minimum atomic E-state index is -4.41. The van der Waals surface area contributed by atoms with Crippen LogP contribution in [-0.2, 0) is 15.8 Å². The second kappa shape index (κ2) is 9.50. The van der Waals surface area contributed by atoms with Gasteiger partial charge in [-0.25, -0.2) is 0 Å². The van der Waals surface area contributed by atoms with Crippen molar-refractivity contribution in [3.8, 4) is 0 Å². The van der Waals surface area contributed by atoms with Crippen LogP contribution in [0.5, 0.6) is 0 Å². The summed E-state index contributed by atoms with van der Waals surface area (Å²) in [6, 6.07) is 4.78. The molecule has 3 rings (SSSR count). The molecule has 2 aliphatic rings. The molecule has 0 radical (unpaired) electrons. The second-order valence-electron chi connectivity index (χ2n) is 7.93. The predicted molar refractivity (Wildman–Crippen MR) is 104 cm³/mol. The van der Waals surface area contributed by atoms with Crippen LogP contribution in [0.1, 0.15) is 50.5 Å². The molecular formula is C21H28F3N3O2. The van der Waals surface area contributed by atoms with E-state index in [2.05, 4.69) is 10.6 Å². The zero-order chi connectivity index (χ0) is 20.9. The molecule has 1 aromatic carbocycles. The maximum atomic E-state index is 12.7. The quantitative estimate of drug-likeness (QED) is 0.775. The zero-order valence-corrected chi connectivity index (χ0v) is 16.4. The predicted octanol–water partition coefficient (Wildman–Crippen LogP) is 3.80. The van der Waals surface area contributed by atoms with Crippen molar-refractivity contribution < 1.29 is 22.8 Å². The number of hydrogen-bond acceptors (Lipinski definition) is 3. The van der Waals surface area contributed by atoms with E-state index in [0.29, 0.717) is 25.9 Å². The Hall–Kier alpha value is -2.25. The minimum Gasteiger partial charge on any atom is -0.376 e. The molecule has 0 spiro atoms. The van der Waals surface area contributed by atoms with E-state index in [1.165, 1.54) is 18.6 Å². The molecule has 2 N–H and O–H groups in total.